The van der Waals surface area contributed by atoms with Crippen molar-refractivity contribution in [2.45, 2.75) is 39.3 Å². The van der Waals surface area contributed by atoms with Crippen molar-refractivity contribution in [3.63, 3.8) is 0 Å². The number of hydrogen-bond acceptors (Lipinski definition) is 3. The lowest BCUT2D eigenvalue weighted by Crippen LogP contribution is -2.37. The van der Waals surface area contributed by atoms with Gasteiger partial charge in [-0.25, -0.2) is 4.39 Å². The molecule has 1 rings (SSSR count). The van der Waals surface area contributed by atoms with Gasteiger partial charge in [-0.05, 0) is 25.8 Å². The summed E-state index contributed by atoms with van der Waals surface area (Å²) in [5.41, 5.74) is 5.15. The first kappa shape index (κ1) is 14.9. The van der Waals surface area contributed by atoms with E-state index in [1.807, 2.05) is 13.8 Å². The molecular formula is C14H22FNO2. The van der Waals surface area contributed by atoms with Gasteiger partial charge in [-0.2, -0.15) is 0 Å². The lowest BCUT2D eigenvalue weighted by atomic mass is 9.94. The molecular weight excluding hydrogens is 233 g/mol. The summed E-state index contributed by atoms with van der Waals surface area (Å²) in [5.74, 6) is 0.0789. The van der Waals surface area contributed by atoms with Crippen LogP contribution in [-0.4, -0.2) is 17.3 Å². The van der Waals surface area contributed by atoms with Gasteiger partial charge in [0.1, 0.15) is 18.2 Å². The van der Waals surface area contributed by atoms with Gasteiger partial charge in [0.25, 0.3) is 0 Å². The van der Waals surface area contributed by atoms with Crippen LogP contribution in [0.1, 0.15) is 39.3 Å². The Kier molecular flexibility index (Phi) is 4.71. The average Bonchev–Trinajstić information content (AvgIpc) is 2.25. The Hall–Kier alpha value is -1.13. The maximum absolute atomic E-state index is 13.7. The van der Waals surface area contributed by atoms with E-state index in [0.717, 1.165) is 0 Å². The van der Waals surface area contributed by atoms with Crippen LogP contribution in [0.2, 0.25) is 0 Å². The van der Waals surface area contributed by atoms with E-state index >= 15 is 0 Å². The van der Waals surface area contributed by atoms with Crippen LogP contribution in [0.15, 0.2) is 18.2 Å². The Morgan fingerprint density at radius 2 is 2.00 bits per heavy atom. The topological polar surface area (TPSA) is 55.5 Å². The largest absolute Gasteiger partial charge is 0.490 e. The van der Waals surface area contributed by atoms with E-state index in [4.69, 9.17) is 10.5 Å². The van der Waals surface area contributed by atoms with Gasteiger partial charge in [0.2, 0.25) is 0 Å². The van der Waals surface area contributed by atoms with Crippen molar-refractivity contribution in [1.82, 2.24) is 0 Å². The molecule has 0 aliphatic carbocycles. The summed E-state index contributed by atoms with van der Waals surface area (Å²) >= 11 is 0. The Labute approximate surface area is 108 Å². The van der Waals surface area contributed by atoms with E-state index < -0.39 is 5.60 Å². The van der Waals surface area contributed by atoms with Gasteiger partial charge in [0, 0.05) is 17.7 Å². The standard InChI is InChI=1S/C14H22FNO2/c1-9(2)14(4,17)8-18-11-5-6-12(10(3)16)13(15)7-11/h5-7,9-10,17H,8,16H2,1-4H3. The molecule has 0 fully saturated rings. The normalized spacial score (nSPS) is 16.4. The molecule has 0 amide bonds. The fraction of sp³-hybridized carbons (Fsp3) is 0.571. The zero-order valence-corrected chi connectivity index (χ0v) is 11.4. The highest BCUT2D eigenvalue weighted by atomic mass is 19.1. The summed E-state index contributed by atoms with van der Waals surface area (Å²) in [5, 5.41) is 10.0. The average molecular weight is 255 g/mol. The van der Waals surface area contributed by atoms with Crippen LogP contribution in [0.4, 0.5) is 4.39 Å². The highest BCUT2D eigenvalue weighted by molar-refractivity contribution is 5.30. The van der Waals surface area contributed by atoms with Crippen molar-refractivity contribution in [3.8, 4) is 5.75 Å². The van der Waals surface area contributed by atoms with Gasteiger partial charge in [-0.1, -0.05) is 19.9 Å². The first-order chi connectivity index (χ1) is 8.24. The fourth-order valence-corrected chi connectivity index (χ4v) is 1.36. The highest BCUT2D eigenvalue weighted by Gasteiger charge is 2.25. The van der Waals surface area contributed by atoms with Gasteiger partial charge in [0.15, 0.2) is 0 Å². The zero-order chi connectivity index (χ0) is 13.9. The smallest absolute Gasteiger partial charge is 0.131 e. The maximum Gasteiger partial charge on any atom is 0.131 e. The number of nitrogens with two attached hydrogens (primary N) is 1. The molecule has 102 valence electrons. The van der Waals surface area contributed by atoms with Crippen molar-refractivity contribution in [2.75, 3.05) is 6.61 Å². The molecule has 0 heterocycles. The second-order valence-electron chi connectivity index (χ2n) is 5.27. The molecule has 0 aliphatic rings. The van der Waals surface area contributed by atoms with Crippen LogP contribution in [0.25, 0.3) is 0 Å². The van der Waals surface area contributed by atoms with E-state index in [9.17, 15) is 9.50 Å². The second-order valence-corrected chi connectivity index (χ2v) is 5.27. The number of halogens is 1. The lowest BCUT2D eigenvalue weighted by molar-refractivity contribution is -0.0267. The number of benzene rings is 1. The van der Waals surface area contributed by atoms with Gasteiger partial charge in [0.05, 0.1) is 5.60 Å². The van der Waals surface area contributed by atoms with Gasteiger partial charge < -0.3 is 15.6 Å². The summed E-state index contributed by atoms with van der Waals surface area (Å²) in [6, 6.07) is 4.23. The third-order valence-corrected chi connectivity index (χ3v) is 3.24. The minimum Gasteiger partial charge on any atom is -0.490 e. The summed E-state index contributed by atoms with van der Waals surface area (Å²) in [4.78, 5) is 0. The molecule has 2 unspecified atom stereocenters. The molecule has 0 aliphatic heterocycles. The monoisotopic (exact) mass is 255 g/mol. The number of aliphatic hydroxyl groups is 1. The molecule has 3 nitrogen and oxygen atoms in total. The fourth-order valence-electron chi connectivity index (χ4n) is 1.36. The van der Waals surface area contributed by atoms with Crippen LogP contribution in [0.5, 0.6) is 5.75 Å². The molecule has 2 atom stereocenters. The Bertz CT molecular complexity index is 403. The van der Waals surface area contributed by atoms with Crippen LogP contribution in [0.3, 0.4) is 0 Å². The molecule has 3 N–H and O–H groups in total. The van der Waals surface area contributed by atoms with E-state index in [0.29, 0.717) is 11.3 Å². The molecule has 4 heteroatoms. The summed E-state index contributed by atoms with van der Waals surface area (Å²) in [6.45, 7) is 7.36. The predicted molar refractivity (Wildman–Crippen MR) is 70.0 cm³/mol. The Morgan fingerprint density at radius 3 is 2.44 bits per heavy atom. The molecule has 0 saturated carbocycles. The van der Waals surface area contributed by atoms with E-state index in [1.165, 1.54) is 6.07 Å². The van der Waals surface area contributed by atoms with Crippen LogP contribution < -0.4 is 10.5 Å². The first-order valence-corrected chi connectivity index (χ1v) is 6.14. The molecule has 1 aromatic rings. The zero-order valence-electron chi connectivity index (χ0n) is 11.4. The predicted octanol–water partition coefficient (Wildman–Crippen LogP) is 2.63. The minimum atomic E-state index is -0.934. The van der Waals surface area contributed by atoms with E-state index in [-0.39, 0.29) is 24.4 Å². The van der Waals surface area contributed by atoms with Crippen molar-refractivity contribution < 1.29 is 14.2 Å². The molecule has 0 saturated heterocycles. The number of hydrogen-bond donors (Lipinski definition) is 2. The first-order valence-electron chi connectivity index (χ1n) is 6.14. The third kappa shape index (κ3) is 3.68. The maximum atomic E-state index is 13.7. The van der Waals surface area contributed by atoms with Crippen molar-refractivity contribution in [3.05, 3.63) is 29.6 Å². The Balaban J connectivity index is 2.73. The SMILES string of the molecule is CC(N)c1ccc(OCC(C)(O)C(C)C)cc1F. The van der Waals surface area contributed by atoms with Crippen LogP contribution >= 0.6 is 0 Å². The van der Waals surface area contributed by atoms with Crippen molar-refractivity contribution in [1.29, 1.82) is 0 Å². The van der Waals surface area contributed by atoms with Crippen molar-refractivity contribution >= 4 is 0 Å². The molecule has 0 aromatic heterocycles. The molecule has 0 radical (unpaired) electrons. The highest BCUT2D eigenvalue weighted by Crippen LogP contribution is 2.23. The minimum absolute atomic E-state index is 0.0608. The lowest BCUT2D eigenvalue weighted by Gasteiger charge is -2.27. The van der Waals surface area contributed by atoms with Crippen LogP contribution in [0, 0.1) is 11.7 Å². The van der Waals surface area contributed by atoms with Gasteiger partial charge in [-0.15, -0.1) is 0 Å². The quantitative estimate of drug-likeness (QED) is 0.850. The molecule has 1 aromatic carbocycles. The molecule has 18 heavy (non-hydrogen) atoms. The van der Waals surface area contributed by atoms with Crippen LogP contribution in [-0.2, 0) is 0 Å². The van der Waals surface area contributed by atoms with E-state index in [2.05, 4.69) is 0 Å². The van der Waals surface area contributed by atoms with E-state index in [1.54, 1.807) is 26.0 Å². The molecule has 0 spiro atoms. The summed E-state index contributed by atoms with van der Waals surface area (Å²) < 4.78 is 19.1. The number of rotatable bonds is 5. The summed E-state index contributed by atoms with van der Waals surface area (Å²) in [6.07, 6.45) is 0. The number of ether oxygens (including phenoxy) is 1. The Morgan fingerprint density at radius 1 is 1.39 bits per heavy atom. The summed E-state index contributed by atoms with van der Waals surface area (Å²) in [7, 11) is 0. The van der Waals surface area contributed by atoms with Crippen molar-refractivity contribution in [2.24, 2.45) is 11.7 Å². The van der Waals surface area contributed by atoms with Gasteiger partial charge in [-0.3, -0.25) is 0 Å². The second kappa shape index (κ2) is 5.67. The van der Waals surface area contributed by atoms with Gasteiger partial charge >= 0.3 is 0 Å². The molecule has 0 bridgehead atoms. The third-order valence-electron chi connectivity index (χ3n) is 3.24.